The number of fused-ring (bicyclic) bond motifs is 3. The third kappa shape index (κ3) is 4.23. The van der Waals surface area contributed by atoms with Gasteiger partial charge < -0.3 is 24.7 Å². The molecule has 2 unspecified atom stereocenters. The minimum Gasteiger partial charge on any atom is -0.481 e. The fourth-order valence-electron chi connectivity index (χ4n) is 3.51. The second-order valence-electron chi connectivity index (χ2n) is 7.09. The number of aryl methyl sites for hydroxylation is 2. The van der Waals surface area contributed by atoms with Crippen LogP contribution in [0.15, 0.2) is 21.3 Å². The van der Waals surface area contributed by atoms with E-state index < -0.39 is 36.4 Å². The van der Waals surface area contributed by atoms with E-state index in [2.05, 4.69) is 5.32 Å². The van der Waals surface area contributed by atoms with Crippen molar-refractivity contribution in [3.8, 4) is 5.75 Å². The van der Waals surface area contributed by atoms with Crippen LogP contribution in [0.4, 0.5) is 0 Å². The number of ether oxygens (including phenoxy) is 1. The SMILES string of the molecule is Cc1cc(OC(C)C(=O)NC(CC(=O)O)C(=O)O)c2c3c(c(=O)oc2c1)CCC3. The number of rotatable bonds is 7. The number of aliphatic carboxylic acids is 2. The first-order valence-electron chi connectivity index (χ1n) is 9.18. The minimum atomic E-state index is -1.57. The van der Waals surface area contributed by atoms with Crippen molar-refractivity contribution in [2.45, 2.75) is 51.7 Å². The Morgan fingerprint density at radius 2 is 1.90 bits per heavy atom. The van der Waals surface area contributed by atoms with Gasteiger partial charge in [0.25, 0.3) is 5.91 Å². The number of nitrogens with one attached hydrogen (secondary N) is 1. The molecule has 0 fully saturated rings. The highest BCUT2D eigenvalue weighted by Crippen LogP contribution is 2.35. The summed E-state index contributed by atoms with van der Waals surface area (Å²) < 4.78 is 11.2. The largest absolute Gasteiger partial charge is 0.481 e. The van der Waals surface area contributed by atoms with E-state index in [9.17, 15) is 19.2 Å². The summed E-state index contributed by atoms with van der Waals surface area (Å²) >= 11 is 0. The molecule has 1 aliphatic rings. The Kier molecular flexibility index (Phi) is 5.58. The monoisotopic (exact) mass is 403 g/mol. The molecule has 0 saturated heterocycles. The van der Waals surface area contributed by atoms with Crippen LogP contribution in [0.25, 0.3) is 11.0 Å². The van der Waals surface area contributed by atoms with Crippen molar-refractivity contribution >= 4 is 28.8 Å². The number of carbonyl (C=O) groups is 3. The summed E-state index contributed by atoms with van der Waals surface area (Å²) in [5, 5.41) is 20.7. The first-order chi connectivity index (χ1) is 13.7. The molecule has 0 radical (unpaired) electrons. The van der Waals surface area contributed by atoms with E-state index in [0.717, 1.165) is 17.5 Å². The zero-order chi connectivity index (χ0) is 21.3. The topological polar surface area (TPSA) is 143 Å². The third-order valence-corrected chi connectivity index (χ3v) is 4.85. The van der Waals surface area contributed by atoms with Crippen molar-refractivity contribution in [3.05, 3.63) is 39.2 Å². The van der Waals surface area contributed by atoms with E-state index in [4.69, 9.17) is 19.4 Å². The van der Waals surface area contributed by atoms with Gasteiger partial charge in [-0.2, -0.15) is 0 Å². The average Bonchev–Trinajstić information content (AvgIpc) is 3.10. The number of carbonyl (C=O) groups excluding carboxylic acids is 1. The highest BCUT2D eigenvalue weighted by atomic mass is 16.5. The summed E-state index contributed by atoms with van der Waals surface area (Å²) in [4.78, 5) is 46.5. The zero-order valence-electron chi connectivity index (χ0n) is 16.0. The van der Waals surface area contributed by atoms with Crippen LogP contribution < -0.4 is 15.7 Å². The van der Waals surface area contributed by atoms with Crippen molar-refractivity contribution in [2.75, 3.05) is 0 Å². The fourth-order valence-corrected chi connectivity index (χ4v) is 3.51. The Bertz CT molecular complexity index is 1050. The predicted molar refractivity (Wildman–Crippen MR) is 101 cm³/mol. The molecule has 1 aromatic carbocycles. The molecule has 29 heavy (non-hydrogen) atoms. The first-order valence-corrected chi connectivity index (χ1v) is 9.18. The summed E-state index contributed by atoms with van der Waals surface area (Å²) in [5.74, 6) is -3.20. The number of hydrogen-bond donors (Lipinski definition) is 3. The van der Waals surface area contributed by atoms with Gasteiger partial charge in [-0.1, -0.05) is 0 Å². The summed E-state index contributed by atoms with van der Waals surface area (Å²) in [6.07, 6.45) is 0.279. The molecule has 2 atom stereocenters. The lowest BCUT2D eigenvalue weighted by Crippen LogP contribution is -2.47. The van der Waals surface area contributed by atoms with Crippen LogP contribution in [0.1, 0.15) is 36.5 Å². The van der Waals surface area contributed by atoms with Gasteiger partial charge in [0.1, 0.15) is 17.4 Å². The Balaban J connectivity index is 1.90. The van der Waals surface area contributed by atoms with Gasteiger partial charge >= 0.3 is 17.6 Å². The maximum absolute atomic E-state index is 12.4. The van der Waals surface area contributed by atoms with Crippen molar-refractivity contribution in [3.63, 3.8) is 0 Å². The lowest BCUT2D eigenvalue weighted by atomic mass is 10.0. The molecular formula is C20H21NO8. The van der Waals surface area contributed by atoms with Crippen LogP contribution in [-0.4, -0.2) is 40.2 Å². The van der Waals surface area contributed by atoms with Crippen LogP contribution in [0.5, 0.6) is 5.75 Å². The fraction of sp³-hybridized carbons (Fsp3) is 0.400. The lowest BCUT2D eigenvalue weighted by molar-refractivity contribution is -0.147. The molecule has 0 saturated carbocycles. The highest BCUT2D eigenvalue weighted by molar-refractivity contribution is 5.91. The van der Waals surface area contributed by atoms with Gasteiger partial charge in [-0.3, -0.25) is 9.59 Å². The van der Waals surface area contributed by atoms with E-state index >= 15 is 0 Å². The third-order valence-electron chi connectivity index (χ3n) is 4.85. The van der Waals surface area contributed by atoms with Crippen molar-refractivity contribution in [1.29, 1.82) is 0 Å². The van der Waals surface area contributed by atoms with Crippen molar-refractivity contribution in [2.24, 2.45) is 0 Å². The van der Waals surface area contributed by atoms with Crippen molar-refractivity contribution in [1.82, 2.24) is 5.32 Å². The molecule has 0 aliphatic heterocycles. The summed E-state index contributed by atoms with van der Waals surface area (Å²) in [6, 6.07) is 1.87. The second-order valence-corrected chi connectivity index (χ2v) is 7.09. The molecule has 1 heterocycles. The molecule has 9 heteroatoms. The summed E-state index contributed by atoms with van der Waals surface area (Å²) in [6.45, 7) is 3.22. The molecule has 3 rings (SSSR count). The smallest absolute Gasteiger partial charge is 0.339 e. The van der Waals surface area contributed by atoms with E-state index in [0.29, 0.717) is 35.1 Å². The summed E-state index contributed by atoms with van der Waals surface area (Å²) in [5.41, 5.74) is 2.21. The number of hydrogen-bond acceptors (Lipinski definition) is 6. The van der Waals surface area contributed by atoms with Gasteiger partial charge in [0.2, 0.25) is 0 Å². The Morgan fingerprint density at radius 1 is 1.21 bits per heavy atom. The second kappa shape index (κ2) is 7.94. The van der Waals surface area contributed by atoms with E-state index in [1.807, 2.05) is 0 Å². The molecule has 154 valence electrons. The molecule has 1 aromatic heterocycles. The Morgan fingerprint density at radius 3 is 2.55 bits per heavy atom. The Hall–Kier alpha value is -3.36. The maximum Gasteiger partial charge on any atom is 0.339 e. The number of carboxylic acids is 2. The van der Waals surface area contributed by atoms with E-state index in [1.165, 1.54) is 6.92 Å². The minimum absolute atomic E-state index is 0.356. The van der Waals surface area contributed by atoms with Crippen LogP contribution in [0.2, 0.25) is 0 Å². The molecule has 1 amide bonds. The van der Waals surface area contributed by atoms with Gasteiger partial charge in [-0.05, 0) is 56.4 Å². The normalized spacial score (nSPS) is 14.8. The quantitative estimate of drug-likeness (QED) is 0.589. The molecule has 9 nitrogen and oxygen atoms in total. The standard InChI is InChI=1S/C20H21NO8/c1-9-6-14(17-11-4-3-5-12(11)20(27)29-15(17)7-9)28-10(2)18(24)21-13(19(25)26)8-16(22)23/h6-7,10,13H,3-5,8H2,1-2H3,(H,21,24)(H,22,23)(H,25,26). The molecule has 0 spiro atoms. The highest BCUT2D eigenvalue weighted by Gasteiger charge is 2.28. The van der Waals surface area contributed by atoms with Gasteiger partial charge in [0.15, 0.2) is 6.10 Å². The molecule has 0 bridgehead atoms. The molecule has 1 aliphatic carbocycles. The van der Waals surface area contributed by atoms with Gasteiger partial charge in [-0.25, -0.2) is 9.59 Å². The number of carboxylic acid groups (broad SMARTS) is 2. The van der Waals surface area contributed by atoms with Gasteiger partial charge in [0.05, 0.1) is 11.8 Å². The first kappa shape index (κ1) is 20.4. The van der Waals surface area contributed by atoms with Gasteiger partial charge in [0, 0.05) is 5.56 Å². The maximum atomic E-state index is 12.4. The average molecular weight is 403 g/mol. The van der Waals surface area contributed by atoms with Crippen LogP contribution in [0, 0.1) is 6.92 Å². The molecule has 3 N–H and O–H groups in total. The van der Waals surface area contributed by atoms with E-state index in [1.54, 1.807) is 19.1 Å². The number of amides is 1. The zero-order valence-corrected chi connectivity index (χ0v) is 16.0. The van der Waals surface area contributed by atoms with Crippen LogP contribution in [-0.2, 0) is 27.2 Å². The van der Waals surface area contributed by atoms with Crippen molar-refractivity contribution < 1.29 is 33.8 Å². The predicted octanol–water partition coefficient (Wildman–Crippen LogP) is 1.40. The van der Waals surface area contributed by atoms with Crippen LogP contribution in [0.3, 0.4) is 0 Å². The van der Waals surface area contributed by atoms with Gasteiger partial charge in [-0.15, -0.1) is 0 Å². The van der Waals surface area contributed by atoms with Crippen LogP contribution >= 0.6 is 0 Å². The van der Waals surface area contributed by atoms with E-state index in [-0.39, 0.29) is 5.63 Å². The lowest BCUT2D eigenvalue weighted by Gasteiger charge is -2.19. The summed E-state index contributed by atoms with van der Waals surface area (Å²) in [7, 11) is 0. The molecular weight excluding hydrogens is 382 g/mol. The molecule has 2 aromatic rings. The number of benzene rings is 1. The Labute approximate surface area is 165 Å².